The molecular weight excluding hydrogens is 354 g/mol. The number of anilines is 1. The molecule has 148 valence electrons. The van der Waals surface area contributed by atoms with E-state index in [1.54, 1.807) is 0 Å². The highest BCUT2D eigenvalue weighted by Crippen LogP contribution is 2.34. The average Bonchev–Trinajstić information content (AvgIpc) is 2.74. The molecule has 2 aromatic rings. The van der Waals surface area contributed by atoms with Gasteiger partial charge in [-0.15, -0.1) is 0 Å². The number of fused-ring (bicyclic) bond motifs is 1. The third-order valence-electron chi connectivity index (χ3n) is 5.37. The van der Waals surface area contributed by atoms with Crippen LogP contribution in [0.25, 0.3) is 0 Å². The summed E-state index contributed by atoms with van der Waals surface area (Å²) in [6, 6.07) is 16.2. The fourth-order valence-electron chi connectivity index (χ4n) is 3.66. The van der Waals surface area contributed by atoms with Crippen molar-refractivity contribution in [3.05, 3.63) is 54.1 Å². The van der Waals surface area contributed by atoms with E-state index in [0.29, 0.717) is 26.3 Å². The molecule has 2 aliphatic rings. The molecule has 6 heteroatoms. The number of ether oxygens (including phenoxy) is 2. The molecule has 0 unspecified atom stereocenters. The van der Waals surface area contributed by atoms with Gasteiger partial charge in [0, 0.05) is 31.9 Å². The predicted molar refractivity (Wildman–Crippen MR) is 109 cm³/mol. The summed E-state index contributed by atoms with van der Waals surface area (Å²) in [4.78, 5) is 17.1. The standard InChI is InChI=1S/C22H27N3O3/c1-22(2,17-8-9-19-20(16-17)28-15-14-27-19)23-21(26)25-12-10-24(11-13-25)18-6-4-3-5-7-18/h3-9,16H,10-15H2,1-2H3,(H,23,26). The van der Waals surface area contributed by atoms with Gasteiger partial charge in [0.2, 0.25) is 0 Å². The van der Waals surface area contributed by atoms with Gasteiger partial charge >= 0.3 is 6.03 Å². The minimum Gasteiger partial charge on any atom is -0.486 e. The van der Waals surface area contributed by atoms with E-state index in [1.807, 2.05) is 55.1 Å². The molecule has 2 aromatic carbocycles. The van der Waals surface area contributed by atoms with E-state index in [-0.39, 0.29) is 6.03 Å². The molecule has 2 amide bonds. The summed E-state index contributed by atoms with van der Waals surface area (Å²) >= 11 is 0. The zero-order valence-electron chi connectivity index (χ0n) is 16.5. The number of nitrogens with zero attached hydrogens (tertiary/aromatic N) is 2. The van der Waals surface area contributed by atoms with E-state index >= 15 is 0 Å². The maximum absolute atomic E-state index is 12.9. The van der Waals surface area contributed by atoms with Gasteiger partial charge in [0.25, 0.3) is 0 Å². The monoisotopic (exact) mass is 381 g/mol. The number of piperazine rings is 1. The Kier molecular flexibility index (Phi) is 5.03. The third-order valence-corrected chi connectivity index (χ3v) is 5.37. The topological polar surface area (TPSA) is 54.0 Å². The van der Waals surface area contributed by atoms with Crippen LogP contribution in [0.15, 0.2) is 48.5 Å². The van der Waals surface area contributed by atoms with Crippen molar-refractivity contribution in [2.24, 2.45) is 0 Å². The van der Waals surface area contributed by atoms with Crippen molar-refractivity contribution in [2.45, 2.75) is 19.4 Å². The van der Waals surface area contributed by atoms with Crippen molar-refractivity contribution in [3.8, 4) is 11.5 Å². The molecule has 2 heterocycles. The van der Waals surface area contributed by atoms with E-state index in [2.05, 4.69) is 22.3 Å². The van der Waals surface area contributed by atoms with Gasteiger partial charge in [-0.1, -0.05) is 24.3 Å². The molecule has 28 heavy (non-hydrogen) atoms. The molecule has 2 aliphatic heterocycles. The lowest BCUT2D eigenvalue weighted by Crippen LogP contribution is -2.55. The van der Waals surface area contributed by atoms with Crippen LogP contribution >= 0.6 is 0 Å². The first-order chi connectivity index (χ1) is 13.5. The lowest BCUT2D eigenvalue weighted by molar-refractivity contribution is 0.170. The predicted octanol–water partition coefficient (Wildman–Crippen LogP) is 3.22. The first kappa shape index (κ1) is 18.5. The average molecular weight is 381 g/mol. The van der Waals surface area contributed by atoms with Crippen LogP contribution in [0.1, 0.15) is 19.4 Å². The molecule has 0 atom stereocenters. The number of hydrogen-bond donors (Lipinski definition) is 1. The molecule has 4 rings (SSSR count). The SMILES string of the molecule is CC(C)(NC(=O)N1CCN(c2ccccc2)CC1)c1ccc2c(c1)OCCO2. The van der Waals surface area contributed by atoms with E-state index in [9.17, 15) is 4.79 Å². The summed E-state index contributed by atoms with van der Waals surface area (Å²) in [6.07, 6.45) is 0. The number of para-hydroxylation sites is 1. The molecule has 0 aromatic heterocycles. The van der Waals surface area contributed by atoms with Gasteiger partial charge < -0.3 is 24.6 Å². The molecule has 1 saturated heterocycles. The van der Waals surface area contributed by atoms with Crippen LogP contribution in [0.3, 0.4) is 0 Å². The maximum atomic E-state index is 12.9. The van der Waals surface area contributed by atoms with Gasteiger partial charge in [-0.3, -0.25) is 0 Å². The molecular formula is C22H27N3O3. The summed E-state index contributed by atoms with van der Waals surface area (Å²) in [6.45, 7) is 8.23. The Morgan fingerprint density at radius 2 is 1.61 bits per heavy atom. The number of nitrogens with one attached hydrogen (secondary N) is 1. The molecule has 0 bridgehead atoms. The maximum Gasteiger partial charge on any atom is 0.318 e. The Balaban J connectivity index is 1.38. The van der Waals surface area contributed by atoms with Gasteiger partial charge in [0.05, 0.1) is 5.54 Å². The van der Waals surface area contributed by atoms with Crippen molar-refractivity contribution in [2.75, 3.05) is 44.3 Å². The second-order valence-electron chi connectivity index (χ2n) is 7.72. The molecule has 0 aliphatic carbocycles. The van der Waals surface area contributed by atoms with Crippen molar-refractivity contribution in [1.29, 1.82) is 0 Å². The van der Waals surface area contributed by atoms with Gasteiger partial charge in [-0.25, -0.2) is 4.79 Å². The van der Waals surface area contributed by atoms with Crippen LogP contribution in [0.2, 0.25) is 0 Å². The first-order valence-corrected chi connectivity index (χ1v) is 9.80. The van der Waals surface area contributed by atoms with Crippen molar-refractivity contribution >= 4 is 11.7 Å². The number of benzene rings is 2. The summed E-state index contributed by atoms with van der Waals surface area (Å²) in [5.41, 5.74) is 1.69. The van der Waals surface area contributed by atoms with Crippen LogP contribution in [-0.4, -0.2) is 50.3 Å². The van der Waals surface area contributed by atoms with Gasteiger partial charge in [-0.2, -0.15) is 0 Å². The van der Waals surface area contributed by atoms with Gasteiger partial charge in [0.1, 0.15) is 13.2 Å². The van der Waals surface area contributed by atoms with Crippen LogP contribution in [0, 0.1) is 0 Å². The summed E-state index contributed by atoms with van der Waals surface area (Å²) < 4.78 is 11.3. The second kappa shape index (κ2) is 7.62. The lowest BCUT2D eigenvalue weighted by Gasteiger charge is -2.38. The van der Waals surface area contributed by atoms with Crippen LogP contribution in [0.4, 0.5) is 10.5 Å². The minimum atomic E-state index is -0.510. The van der Waals surface area contributed by atoms with Crippen molar-refractivity contribution in [1.82, 2.24) is 10.2 Å². The highest BCUT2D eigenvalue weighted by molar-refractivity contribution is 5.75. The summed E-state index contributed by atoms with van der Waals surface area (Å²) in [5, 5.41) is 3.18. The van der Waals surface area contributed by atoms with Crippen molar-refractivity contribution in [3.63, 3.8) is 0 Å². The zero-order chi connectivity index (χ0) is 19.6. The molecule has 0 spiro atoms. The minimum absolute atomic E-state index is 0.0346. The highest BCUT2D eigenvalue weighted by atomic mass is 16.6. The van der Waals surface area contributed by atoms with E-state index in [1.165, 1.54) is 5.69 Å². The van der Waals surface area contributed by atoms with Crippen LogP contribution in [0.5, 0.6) is 11.5 Å². The lowest BCUT2D eigenvalue weighted by atomic mass is 9.94. The Morgan fingerprint density at radius 1 is 0.929 bits per heavy atom. The molecule has 0 saturated carbocycles. The fourth-order valence-corrected chi connectivity index (χ4v) is 3.66. The quantitative estimate of drug-likeness (QED) is 0.887. The smallest absolute Gasteiger partial charge is 0.318 e. The number of urea groups is 1. The Labute approximate surface area is 166 Å². The molecule has 6 nitrogen and oxygen atoms in total. The van der Waals surface area contributed by atoms with E-state index < -0.39 is 5.54 Å². The van der Waals surface area contributed by atoms with Crippen molar-refractivity contribution < 1.29 is 14.3 Å². The molecule has 1 N–H and O–H groups in total. The zero-order valence-corrected chi connectivity index (χ0v) is 16.5. The second-order valence-corrected chi connectivity index (χ2v) is 7.72. The third kappa shape index (κ3) is 3.86. The first-order valence-electron chi connectivity index (χ1n) is 9.80. The van der Waals surface area contributed by atoms with Crippen LogP contribution < -0.4 is 19.7 Å². The molecule has 1 fully saturated rings. The Morgan fingerprint density at radius 3 is 2.32 bits per heavy atom. The van der Waals surface area contributed by atoms with E-state index in [0.717, 1.165) is 30.2 Å². The normalized spacial score (nSPS) is 16.6. The molecule has 0 radical (unpaired) electrons. The summed E-state index contributed by atoms with van der Waals surface area (Å²) in [7, 11) is 0. The van der Waals surface area contributed by atoms with Gasteiger partial charge in [0.15, 0.2) is 11.5 Å². The largest absolute Gasteiger partial charge is 0.486 e. The van der Waals surface area contributed by atoms with E-state index in [4.69, 9.17) is 9.47 Å². The van der Waals surface area contributed by atoms with Gasteiger partial charge in [-0.05, 0) is 43.7 Å². The highest BCUT2D eigenvalue weighted by Gasteiger charge is 2.29. The Bertz CT molecular complexity index is 830. The fraction of sp³-hybridized carbons (Fsp3) is 0.409. The summed E-state index contributed by atoms with van der Waals surface area (Å²) in [5.74, 6) is 1.50. The van der Waals surface area contributed by atoms with Crippen LogP contribution in [-0.2, 0) is 5.54 Å². The number of carbonyl (C=O) groups excluding carboxylic acids is 1. The number of hydrogen-bond acceptors (Lipinski definition) is 4. The number of amides is 2. The number of rotatable bonds is 3. The number of carbonyl (C=O) groups is 1. The Hall–Kier alpha value is -2.89.